The van der Waals surface area contributed by atoms with Crippen LogP contribution in [-0.2, 0) is 0 Å². The van der Waals surface area contributed by atoms with E-state index in [1.54, 1.807) is 30.7 Å². The minimum atomic E-state index is -0.442. The molecule has 0 spiro atoms. The van der Waals surface area contributed by atoms with Crippen molar-refractivity contribution in [1.82, 2.24) is 9.78 Å². The monoisotopic (exact) mass is 432 g/mol. The molecule has 1 heterocycles. The number of Topliss-reactive ketones (excluding diaryl/α,β-unsaturated/α-hetero) is 1. The lowest BCUT2D eigenvalue weighted by atomic mass is 10.1. The van der Waals surface area contributed by atoms with E-state index < -0.39 is 6.03 Å². The lowest BCUT2D eigenvalue weighted by Gasteiger charge is -2.13. The Morgan fingerprint density at radius 1 is 0.935 bits per heavy atom. The standard InChI is InChI=1S/C24H21ClN4O2/c1-3-21(30)22-15(2)23(29(28-22)16-9-5-4-6-10-16)27-24(31)26-20-14-13-19(25)17-11-7-8-12-18(17)20/h4-14H,3H2,1-2H3,(H2,26,27,31). The molecule has 7 heteroatoms. The molecular weight excluding hydrogens is 412 g/mol. The predicted molar refractivity (Wildman–Crippen MR) is 125 cm³/mol. The van der Waals surface area contributed by atoms with Crippen LogP contribution in [-0.4, -0.2) is 21.6 Å². The second kappa shape index (κ2) is 8.62. The summed E-state index contributed by atoms with van der Waals surface area (Å²) < 4.78 is 1.58. The number of urea groups is 1. The Balaban J connectivity index is 1.69. The smallest absolute Gasteiger partial charge is 0.307 e. The summed E-state index contributed by atoms with van der Waals surface area (Å²) >= 11 is 6.28. The number of nitrogens with zero attached hydrogens (tertiary/aromatic N) is 2. The molecule has 4 aromatic rings. The summed E-state index contributed by atoms with van der Waals surface area (Å²) in [7, 11) is 0. The molecule has 0 bridgehead atoms. The SMILES string of the molecule is CCC(=O)c1nn(-c2ccccc2)c(NC(=O)Nc2ccc(Cl)c3ccccc23)c1C. The van der Waals surface area contributed by atoms with Gasteiger partial charge in [-0.2, -0.15) is 5.10 Å². The zero-order chi connectivity index (χ0) is 22.0. The maximum absolute atomic E-state index is 12.9. The maximum atomic E-state index is 12.9. The summed E-state index contributed by atoms with van der Waals surface area (Å²) in [5, 5.41) is 12.5. The molecule has 2 amide bonds. The molecule has 0 radical (unpaired) electrons. The number of benzene rings is 3. The number of rotatable bonds is 5. The Kier molecular flexibility index (Phi) is 5.73. The van der Waals surface area contributed by atoms with Gasteiger partial charge in [0.25, 0.3) is 0 Å². The van der Waals surface area contributed by atoms with Gasteiger partial charge in [-0.05, 0) is 31.2 Å². The zero-order valence-corrected chi connectivity index (χ0v) is 17.9. The molecule has 4 rings (SSSR count). The third kappa shape index (κ3) is 4.02. The number of para-hydroxylation sites is 1. The number of carbonyl (C=O) groups is 2. The lowest BCUT2D eigenvalue weighted by molar-refractivity contribution is 0.0982. The van der Waals surface area contributed by atoms with E-state index in [0.29, 0.717) is 34.2 Å². The fourth-order valence-electron chi connectivity index (χ4n) is 3.46. The van der Waals surface area contributed by atoms with Crippen LogP contribution in [0.2, 0.25) is 5.02 Å². The molecule has 0 aliphatic heterocycles. The fourth-order valence-corrected chi connectivity index (χ4v) is 3.69. The summed E-state index contributed by atoms with van der Waals surface area (Å²) in [5.41, 5.74) is 2.34. The third-order valence-electron chi connectivity index (χ3n) is 5.06. The quantitative estimate of drug-likeness (QED) is 0.367. The van der Waals surface area contributed by atoms with E-state index in [1.807, 2.05) is 54.6 Å². The summed E-state index contributed by atoms with van der Waals surface area (Å²) in [6.45, 7) is 3.57. The van der Waals surface area contributed by atoms with Crippen molar-refractivity contribution in [3.63, 3.8) is 0 Å². The van der Waals surface area contributed by atoms with E-state index in [0.717, 1.165) is 16.5 Å². The Bertz CT molecular complexity index is 1280. The van der Waals surface area contributed by atoms with Gasteiger partial charge in [-0.15, -0.1) is 0 Å². The van der Waals surface area contributed by atoms with Gasteiger partial charge in [-0.25, -0.2) is 9.48 Å². The van der Waals surface area contributed by atoms with Gasteiger partial charge in [-0.1, -0.05) is 61.0 Å². The Morgan fingerprint density at radius 3 is 2.32 bits per heavy atom. The molecule has 0 saturated heterocycles. The van der Waals surface area contributed by atoms with Crippen LogP contribution in [0, 0.1) is 6.92 Å². The number of carbonyl (C=O) groups excluding carboxylic acids is 2. The minimum absolute atomic E-state index is 0.0839. The molecular formula is C24H21ClN4O2. The molecule has 156 valence electrons. The highest BCUT2D eigenvalue weighted by Gasteiger charge is 2.21. The van der Waals surface area contributed by atoms with Crippen molar-refractivity contribution in [1.29, 1.82) is 0 Å². The second-order valence-electron chi connectivity index (χ2n) is 7.07. The van der Waals surface area contributed by atoms with Crippen molar-refractivity contribution in [2.45, 2.75) is 20.3 Å². The van der Waals surface area contributed by atoms with Crippen molar-refractivity contribution in [3.05, 3.63) is 83.0 Å². The molecule has 3 aromatic carbocycles. The van der Waals surface area contributed by atoms with Crippen molar-refractivity contribution in [2.75, 3.05) is 10.6 Å². The number of aromatic nitrogens is 2. The highest BCUT2D eigenvalue weighted by Crippen LogP contribution is 2.30. The Hall–Kier alpha value is -3.64. The molecule has 0 saturated carbocycles. The molecule has 0 unspecified atom stereocenters. The number of halogens is 1. The molecule has 1 aromatic heterocycles. The van der Waals surface area contributed by atoms with Crippen molar-refractivity contribution < 1.29 is 9.59 Å². The number of amides is 2. The molecule has 0 aliphatic carbocycles. The van der Waals surface area contributed by atoms with E-state index in [-0.39, 0.29) is 5.78 Å². The Morgan fingerprint density at radius 2 is 1.61 bits per heavy atom. The first-order chi connectivity index (χ1) is 15.0. The summed E-state index contributed by atoms with van der Waals surface area (Å²) in [6.07, 6.45) is 0.328. The number of anilines is 2. The van der Waals surface area contributed by atoms with Gasteiger partial charge in [0.1, 0.15) is 11.5 Å². The first-order valence-electron chi connectivity index (χ1n) is 9.93. The average Bonchev–Trinajstić information content (AvgIpc) is 3.12. The van der Waals surface area contributed by atoms with Crippen LogP contribution in [0.25, 0.3) is 16.5 Å². The van der Waals surface area contributed by atoms with Crippen molar-refractivity contribution in [2.24, 2.45) is 0 Å². The molecule has 2 N–H and O–H groups in total. The van der Waals surface area contributed by atoms with Crippen LogP contribution in [0.15, 0.2) is 66.7 Å². The maximum Gasteiger partial charge on any atom is 0.324 e. The number of nitrogens with one attached hydrogen (secondary N) is 2. The van der Waals surface area contributed by atoms with Crippen molar-refractivity contribution in [3.8, 4) is 5.69 Å². The van der Waals surface area contributed by atoms with Crippen LogP contribution in [0.3, 0.4) is 0 Å². The van der Waals surface area contributed by atoms with E-state index in [4.69, 9.17) is 11.6 Å². The topological polar surface area (TPSA) is 76.0 Å². The molecule has 31 heavy (non-hydrogen) atoms. The molecule has 0 aliphatic rings. The molecule has 0 fully saturated rings. The normalized spacial score (nSPS) is 10.8. The molecule has 6 nitrogen and oxygen atoms in total. The van der Waals surface area contributed by atoms with Gasteiger partial charge in [-0.3, -0.25) is 10.1 Å². The number of fused-ring (bicyclic) bond motifs is 1. The molecule has 0 atom stereocenters. The van der Waals surface area contributed by atoms with Crippen LogP contribution in [0.1, 0.15) is 29.4 Å². The van der Waals surface area contributed by atoms with Gasteiger partial charge in [0.15, 0.2) is 5.78 Å². The zero-order valence-electron chi connectivity index (χ0n) is 17.1. The summed E-state index contributed by atoms with van der Waals surface area (Å²) in [5.74, 6) is 0.359. The average molecular weight is 433 g/mol. The van der Waals surface area contributed by atoms with E-state index in [1.165, 1.54) is 0 Å². The number of hydrogen-bond donors (Lipinski definition) is 2. The van der Waals surface area contributed by atoms with Crippen LogP contribution < -0.4 is 10.6 Å². The van der Waals surface area contributed by atoms with Crippen LogP contribution in [0.5, 0.6) is 0 Å². The van der Waals surface area contributed by atoms with Gasteiger partial charge in [0.05, 0.1) is 11.4 Å². The summed E-state index contributed by atoms with van der Waals surface area (Å²) in [4.78, 5) is 25.3. The Labute approximate surface area is 184 Å². The van der Waals surface area contributed by atoms with Crippen molar-refractivity contribution >= 4 is 45.7 Å². The predicted octanol–water partition coefficient (Wildman–Crippen LogP) is 6.22. The van der Waals surface area contributed by atoms with E-state index in [9.17, 15) is 9.59 Å². The second-order valence-corrected chi connectivity index (χ2v) is 7.47. The van der Waals surface area contributed by atoms with Gasteiger partial charge < -0.3 is 5.32 Å². The first kappa shape index (κ1) is 20.6. The van der Waals surface area contributed by atoms with Gasteiger partial charge in [0.2, 0.25) is 0 Å². The largest absolute Gasteiger partial charge is 0.324 e. The minimum Gasteiger partial charge on any atom is -0.307 e. The lowest BCUT2D eigenvalue weighted by Crippen LogP contribution is -2.22. The highest BCUT2D eigenvalue weighted by atomic mass is 35.5. The third-order valence-corrected chi connectivity index (χ3v) is 5.39. The highest BCUT2D eigenvalue weighted by molar-refractivity contribution is 6.36. The number of hydrogen-bond acceptors (Lipinski definition) is 3. The van der Waals surface area contributed by atoms with E-state index >= 15 is 0 Å². The number of ketones is 1. The van der Waals surface area contributed by atoms with Gasteiger partial charge >= 0.3 is 6.03 Å². The van der Waals surface area contributed by atoms with Crippen LogP contribution >= 0.6 is 11.6 Å². The van der Waals surface area contributed by atoms with Gasteiger partial charge in [0, 0.05) is 27.8 Å². The fraction of sp³-hybridized carbons (Fsp3) is 0.125. The summed E-state index contributed by atoms with van der Waals surface area (Å²) in [6, 6.07) is 20.0. The van der Waals surface area contributed by atoms with Crippen LogP contribution in [0.4, 0.5) is 16.3 Å². The van der Waals surface area contributed by atoms with E-state index in [2.05, 4.69) is 15.7 Å². The first-order valence-corrected chi connectivity index (χ1v) is 10.3.